The molecule has 7 nitrogen and oxygen atoms in total. The van der Waals surface area contributed by atoms with Gasteiger partial charge in [-0.05, 0) is 30.2 Å². The average molecular weight is 346 g/mol. The third kappa shape index (κ3) is 2.41. The number of likely N-dealkylation sites (tertiary alicyclic amines) is 1. The van der Waals surface area contributed by atoms with Crippen LogP contribution in [0.2, 0.25) is 0 Å². The van der Waals surface area contributed by atoms with Crippen molar-refractivity contribution in [1.29, 1.82) is 0 Å². The highest BCUT2D eigenvalue weighted by atomic mass is 32.1. The molecule has 3 heterocycles. The van der Waals surface area contributed by atoms with Gasteiger partial charge in [-0.1, -0.05) is 17.7 Å². The second kappa shape index (κ2) is 5.70. The number of hydrogen-bond acceptors (Lipinski definition) is 5. The van der Waals surface area contributed by atoms with Gasteiger partial charge in [0, 0.05) is 18.0 Å². The first-order valence-corrected chi connectivity index (χ1v) is 8.92. The number of thiophene rings is 1. The molecule has 2 aliphatic rings. The van der Waals surface area contributed by atoms with E-state index in [1.807, 2.05) is 17.5 Å². The van der Waals surface area contributed by atoms with Crippen LogP contribution in [-0.4, -0.2) is 50.0 Å². The summed E-state index contributed by atoms with van der Waals surface area (Å²) in [4.78, 5) is 27.2. The van der Waals surface area contributed by atoms with Crippen LogP contribution >= 0.6 is 11.3 Å². The van der Waals surface area contributed by atoms with Crippen LogP contribution in [-0.2, 0) is 11.3 Å². The van der Waals surface area contributed by atoms with E-state index < -0.39 is 11.4 Å². The van der Waals surface area contributed by atoms with Gasteiger partial charge < -0.3 is 10.0 Å². The highest BCUT2D eigenvalue weighted by Gasteiger charge is 2.56. The summed E-state index contributed by atoms with van der Waals surface area (Å²) in [7, 11) is 0. The number of amides is 1. The van der Waals surface area contributed by atoms with Crippen LogP contribution in [0.3, 0.4) is 0 Å². The van der Waals surface area contributed by atoms with E-state index in [1.165, 1.54) is 0 Å². The molecule has 126 valence electrons. The molecule has 4 rings (SSSR count). The molecule has 1 saturated heterocycles. The zero-order chi connectivity index (χ0) is 16.7. The van der Waals surface area contributed by atoms with Crippen LogP contribution in [0.15, 0.2) is 23.7 Å². The smallest absolute Gasteiger partial charge is 0.311 e. The normalized spacial score (nSPS) is 25.8. The Morgan fingerprint density at radius 1 is 1.46 bits per heavy atom. The van der Waals surface area contributed by atoms with E-state index in [0.29, 0.717) is 19.5 Å². The molecule has 2 atom stereocenters. The zero-order valence-corrected chi connectivity index (χ0v) is 13.9. The number of rotatable bonds is 4. The minimum atomic E-state index is -0.776. The maximum absolute atomic E-state index is 12.7. The van der Waals surface area contributed by atoms with Crippen molar-refractivity contribution in [2.24, 2.45) is 11.3 Å². The number of aliphatic carboxylic acids is 1. The third-order valence-corrected chi connectivity index (χ3v) is 6.10. The van der Waals surface area contributed by atoms with E-state index in [2.05, 4.69) is 10.3 Å². The van der Waals surface area contributed by atoms with Crippen molar-refractivity contribution < 1.29 is 14.7 Å². The first kappa shape index (κ1) is 15.3. The summed E-state index contributed by atoms with van der Waals surface area (Å²) in [6.45, 7) is 1.37. The first-order chi connectivity index (χ1) is 11.6. The van der Waals surface area contributed by atoms with Gasteiger partial charge in [0.2, 0.25) is 0 Å². The highest BCUT2D eigenvalue weighted by molar-refractivity contribution is 7.09. The summed E-state index contributed by atoms with van der Waals surface area (Å²) < 4.78 is 1.64. The van der Waals surface area contributed by atoms with E-state index in [1.54, 1.807) is 27.1 Å². The lowest BCUT2D eigenvalue weighted by Gasteiger charge is -2.22. The quantitative estimate of drug-likeness (QED) is 0.910. The van der Waals surface area contributed by atoms with Crippen molar-refractivity contribution in [2.45, 2.75) is 25.8 Å². The van der Waals surface area contributed by atoms with Crippen molar-refractivity contribution in [3.05, 3.63) is 34.3 Å². The molecule has 1 N–H and O–H groups in total. The molecule has 2 fully saturated rings. The minimum Gasteiger partial charge on any atom is -0.481 e. The number of aromatic nitrogens is 3. The van der Waals surface area contributed by atoms with Crippen LogP contribution < -0.4 is 0 Å². The number of carbonyl (C=O) groups is 2. The fourth-order valence-corrected chi connectivity index (χ4v) is 4.69. The SMILES string of the molecule is O=C(c1cn(Cc2cccs2)nn1)N1C[C@@H]2CCC[C@@]2(C(=O)O)C1. The van der Waals surface area contributed by atoms with Gasteiger partial charge in [0.15, 0.2) is 5.69 Å². The van der Waals surface area contributed by atoms with E-state index in [4.69, 9.17) is 0 Å². The van der Waals surface area contributed by atoms with Crippen LogP contribution in [0.5, 0.6) is 0 Å². The Hall–Kier alpha value is -2.22. The summed E-state index contributed by atoms with van der Waals surface area (Å²) >= 11 is 1.63. The largest absolute Gasteiger partial charge is 0.481 e. The molecule has 24 heavy (non-hydrogen) atoms. The van der Waals surface area contributed by atoms with E-state index in [9.17, 15) is 14.7 Å². The van der Waals surface area contributed by atoms with Crippen molar-refractivity contribution in [2.75, 3.05) is 13.1 Å². The topological polar surface area (TPSA) is 88.3 Å². The van der Waals surface area contributed by atoms with Gasteiger partial charge >= 0.3 is 5.97 Å². The predicted molar refractivity (Wildman–Crippen MR) is 86.8 cm³/mol. The summed E-state index contributed by atoms with van der Waals surface area (Å²) in [6.07, 6.45) is 4.10. The molecule has 1 amide bonds. The fraction of sp³-hybridized carbons (Fsp3) is 0.500. The number of fused-ring (bicyclic) bond motifs is 1. The van der Waals surface area contributed by atoms with Gasteiger partial charge in [0.1, 0.15) is 0 Å². The molecule has 1 aliphatic heterocycles. The molecule has 1 aliphatic carbocycles. The van der Waals surface area contributed by atoms with Crippen molar-refractivity contribution in [3.8, 4) is 0 Å². The Kier molecular flexibility index (Phi) is 3.64. The van der Waals surface area contributed by atoms with Crippen LogP contribution in [0.4, 0.5) is 0 Å². The molecule has 2 aromatic rings. The predicted octanol–water partition coefficient (Wildman–Crippen LogP) is 1.71. The molecule has 0 aromatic carbocycles. The molecule has 8 heteroatoms. The number of carbonyl (C=O) groups excluding carboxylic acids is 1. The summed E-state index contributed by atoms with van der Waals surface area (Å²) in [5.74, 6) is -0.941. The number of nitrogens with zero attached hydrogens (tertiary/aromatic N) is 4. The third-order valence-electron chi connectivity index (χ3n) is 5.24. The van der Waals surface area contributed by atoms with Crippen LogP contribution in [0.25, 0.3) is 0 Å². The maximum Gasteiger partial charge on any atom is 0.311 e. The number of carboxylic acids is 1. The number of hydrogen-bond donors (Lipinski definition) is 1. The maximum atomic E-state index is 12.7. The molecular weight excluding hydrogens is 328 g/mol. The Morgan fingerprint density at radius 2 is 2.33 bits per heavy atom. The van der Waals surface area contributed by atoms with E-state index in [0.717, 1.165) is 17.7 Å². The van der Waals surface area contributed by atoms with Crippen LogP contribution in [0.1, 0.15) is 34.6 Å². The van der Waals surface area contributed by atoms with Crippen molar-refractivity contribution >= 4 is 23.2 Å². The average Bonchev–Trinajstić information content (AvgIpc) is 3.30. The lowest BCUT2D eigenvalue weighted by molar-refractivity contribution is -0.149. The van der Waals surface area contributed by atoms with E-state index in [-0.39, 0.29) is 24.1 Å². The number of carboxylic acid groups (broad SMARTS) is 1. The Balaban J connectivity index is 1.49. The van der Waals surface area contributed by atoms with Crippen molar-refractivity contribution in [1.82, 2.24) is 19.9 Å². The standard InChI is InChI=1S/C16H18N4O3S/c21-14(13-9-20(18-17-13)8-12-4-2-6-24-12)19-7-11-3-1-5-16(11,10-19)15(22)23/h2,4,6,9,11H,1,3,5,7-8,10H2,(H,22,23)/t11-,16+/m0/s1. The summed E-state index contributed by atoms with van der Waals surface area (Å²) in [5, 5.41) is 19.6. The van der Waals surface area contributed by atoms with Gasteiger partial charge in [-0.3, -0.25) is 9.59 Å². The molecular formula is C16H18N4O3S. The highest BCUT2D eigenvalue weighted by Crippen LogP contribution is 2.49. The van der Waals surface area contributed by atoms with Gasteiger partial charge in [0.25, 0.3) is 5.91 Å². The summed E-state index contributed by atoms with van der Waals surface area (Å²) in [6, 6.07) is 3.98. The van der Waals surface area contributed by atoms with Crippen molar-refractivity contribution in [3.63, 3.8) is 0 Å². The lowest BCUT2D eigenvalue weighted by Crippen LogP contribution is -2.37. The van der Waals surface area contributed by atoms with Crippen LogP contribution in [0, 0.1) is 11.3 Å². The second-order valence-corrected chi connectivity index (χ2v) is 7.65. The molecule has 0 radical (unpaired) electrons. The monoisotopic (exact) mass is 346 g/mol. The van der Waals surface area contributed by atoms with Gasteiger partial charge in [-0.15, -0.1) is 16.4 Å². The van der Waals surface area contributed by atoms with E-state index >= 15 is 0 Å². The minimum absolute atomic E-state index is 0.0557. The van der Waals surface area contributed by atoms with Gasteiger partial charge in [0.05, 0.1) is 18.2 Å². The molecule has 1 saturated carbocycles. The molecule has 0 spiro atoms. The van der Waals surface area contributed by atoms with Gasteiger partial charge in [-0.25, -0.2) is 4.68 Å². The molecule has 0 unspecified atom stereocenters. The molecule has 0 bridgehead atoms. The Morgan fingerprint density at radius 3 is 3.04 bits per heavy atom. The zero-order valence-electron chi connectivity index (χ0n) is 13.1. The van der Waals surface area contributed by atoms with Gasteiger partial charge in [-0.2, -0.15) is 0 Å². The fourth-order valence-electron chi connectivity index (χ4n) is 3.99. The molecule has 2 aromatic heterocycles. The second-order valence-electron chi connectivity index (χ2n) is 6.62. The Bertz CT molecular complexity index is 772. The summed E-state index contributed by atoms with van der Waals surface area (Å²) in [5.41, 5.74) is -0.477. The lowest BCUT2D eigenvalue weighted by atomic mass is 9.81. The first-order valence-electron chi connectivity index (χ1n) is 8.04. The Labute approximate surface area is 142 Å².